The molecule has 0 radical (unpaired) electrons. The molecule has 39 heavy (non-hydrogen) atoms. The standard InChI is InChI=1S/C27H30Cl2N2O8/c1-37-13-22(34)31(11-14-3-4-18(28)19(29)8-14)20-10-17(27(36)30-5-6-32)23-16-7-15(12-33)9-21(38-2)25(16)39-26(23)24(20)35/h3-4,7-10,20,23-24,26,32-33,35H,5-6,11-13H2,1-2H3,(H,30,36)/t20-,23+,24+,26+/m1/s1. The average Bonchev–Trinajstić information content (AvgIpc) is 3.32. The Bertz CT molecular complexity index is 1270. The molecule has 2 aromatic carbocycles. The van der Waals surface area contributed by atoms with E-state index in [0.717, 1.165) is 0 Å². The number of benzene rings is 2. The predicted molar refractivity (Wildman–Crippen MR) is 143 cm³/mol. The number of ether oxygens (including phenoxy) is 3. The lowest BCUT2D eigenvalue weighted by Crippen LogP contribution is -2.56. The highest BCUT2D eigenvalue weighted by Gasteiger charge is 2.51. The smallest absolute Gasteiger partial charge is 0.249 e. The quantitative estimate of drug-likeness (QED) is 0.334. The molecular formula is C27H30Cl2N2O8. The second-order valence-electron chi connectivity index (χ2n) is 9.22. The molecule has 0 spiro atoms. The van der Waals surface area contributed by atoms with E-state index < -0.39 is 36.0 Å². The number of hydrogen-bond donors (Lipinski definition) is 4. The third-order valence-electron chi connectivity index (χ3n) is 6.78. The fraction of sp³-hybridized carbons (Fsp3) is 0.407. The highest BCUT2D eigenvalue weighted by molar-refractivity contribution is 6.42. The lowest BCUT2D eigenvalue weighted by molar-refractivity contribution is -0.141. The van der Waals surface area contributed by atoms with Gasteiger partial charge in [0.25, 0.3) is 0 Å². The van der Waals surface area contributed by atoms with Crippen LogP contribution in [0.1, 0.15) is 22.6 Å². The van der Waals surface area contributed by atoms with E-state index in [9.17, 15) is 24.9 Å². The molecule has 10 nitrogen and oxygen atoms in total. The van der Waals surface area contributed by atoms with Crippen LogP contribution in [0.3, 0.4) is 0 Å². The van der Waals surface area contributed by atoms with Gasteiger partial charge in [-0.15, -0.1) is 0 Å². The van der Waals surface area contributed by atoms with E-state index in [1.807, 2.05) is 0 Å². The zero-order valence-corrected chi connectivity index (χ0v) is 22.9. The lowest BCUT2D eigenvalue weighted by atomic mass is 9.77. The second-order valence-corrected chi connectivity index (χ2v) is 10.0. The van der Waals surface area contributed by atoms with Crippen molar-refractivity contribution in [3.05, 3.63) is 68.7 Å². The van der Waals surface area contributed by atoms with Crippen molar-refractivity contribution < 1.29 is 39.1 Å². The zero-order chi connectivity index (χ0) is 28.3. The van der Waals surface area contributed by atoms with Crippen molar-refractivity contribution in [3.8, 4) is 11.5 Å². The van der Waals surface area contributed by atoms with Crippen LogP contribution in [0.25, 0.3) is 0 Å². The zero-order valence-electron chi connectivity index (χ0n) is 21.4. The lowest BCUT2D eigenvalue weighted by Gasteiger charge is -2.40. The summed E-state index contributed by atoms with van der Waals surface area (Å²) in [6.07, 6.45) is -0.679. The Kier molecular flexibility index (Phi) is 9.37. The number of hydrogen-bond acceptors (Lipinski definition) is 8. The van der Waals surface area contributed by atoms with Crippen molar-refractivity contribution in [3.63, 3.8) is 0 Å². The van der Waals surface area contributed by atoms with Crippen molar-refractivity contribution >= 4 is 35.0 Å². The van der Waals surface area contributed by atoms with Crippen LogP contribution in [0.5, 0.6) is 11.5 Å². The average molecular weight is 581 g/mol. The first-order valence-electron chi connectivity index (χ1n) is 12.2. The van der Waals surface area contributed by atoms with Crippen molar-refractivity contribution in [1.82, 2.24) is 10.2 Å². The molecule has 4 N–H and O–H groups in total. The number of carbonyl (C=O) groups is 2. The molecule has 0 saturated heterocycles. The summed E-state index contributed by atoms with van der Waals surface area (Å²) in [6, 6.07) is 7.27. The number of nitrogens with zero attached hydrogens (tertiary/aromatic N) is 1. The molecule has 2 aromatic rings. The maximum atomic E-state index is 13.4. The van der Waals surface area contributed by atoms with Gasteiger partial charge in [0, 0.05) is 31.3 Å². The number of methoxy groups -OCH3 is 2. The normalized spacial score (nSPS) is 21.4. The van der Waals surface area contributed by atoms with Crippen LogP contribution in [-0.2, 0) is 27.5 Å². The van der Waals surface area contributed by atoms with Gasteiger partial charge in [-0.05, 0) is 41.5 Å². The molecule has 0 fully saturated rings. The van der Waals surface area contributed by atoms with E-state index in [2.05, 4.69) is 5.32 Å². The number of aliphatic hydroxyl groups excluding tert-OH is 3. The van der Waals surface area contributed by atoms with E-state index >= 15 is 0 Å². The minimum Gasteiger partial charge on any atom is -0.493 e. The summed E-state index contributed by atoms with van der Waals surface area (Å²) < 4.78 is 16.8. The summed E-state index contributed by atoms with van der Waals surface area (Å²) in [5.41, 5.74) is 1.99. The summed E-state index contributed by atoms with van der Waals surface area (Å²) in [6.45, 7) is -0.780. The molecule has 1 heterocycles. The highest BCUT2D eigenvalue weighted by Crippen LogP contribution is 2.51. The Hall–Kier alpha value is -2.86. The minimum absolute atomic E-state index is 0.00406. The first kappa shape index (κ1) is 29.1. The van der Waals surface area contributed by atoms with Gasteiger partial charge in [-0.1, -0.05) is 29.3 Å². The van der Waals surface area contributed by atoms with Crippen LogP contribution in [0.15, 0.2) is 42.0 Å². The van der Waals surface area contributed by atoms with Crippen molar-refractivity contribution in [2.75, 3.05) is 34.0 Å². The minimum atomic E-state index is -1.26. The highest BCUT2D eigenvalue weighted by atomic mass is 35.5. The summed E-state index contributed by atoms with van der Waals surface area (Å²) >= 11 is 12.3. The van der Waals surface area contributed by atoms with Gasteiger partial charge in [0.1, 0.15) is 18.8 Å². The topological polar surface area (TPSA) is 138 Å². The van der Waals surface area contributed by atoms with Crippen molar-refractivity contribution in [2.24, 2.45) is 0 Å². The van der Waals surface area contributed by atoms with Gasteiger partial charge in [0.2, 0.25) is 11.8 Å². The predicted octanol–water partition coefficient (Wildman–Crippen LogP) is 1.79. The number of fused-ring (bicyclic) bond motifs is 3. The molecule has 1 aliphatic heterocycles. The van der Waals surface area contributed by atoms with Gasteiger partial charge >= 0.3 is 0 Å². The molecule has 4 rings (SSSR count). The van der Waals surface area contributed by atoms with E-state index in [0.29, 0.717) is 38.2 Å². The first-order valence-corrected chi connectivity index (χ1v) is 13.0. The molecule has 2 amide bonds. The Morgan fingerprint density at radius 2 is 1.87 bits per heavy atom. The summed E-state index contributed by atoms with van der Waals surface area (Å²) in [5, 5.41) is 34.0. The summed E-state index contributed by atoms with van der Waals surface area (Å²) in [7, 11) is 2.84. The Labute approximate surface area is 235 Å². The van der Waals surface area contributed by atoms with E-state index in [1.54, 1.807) is 36.4 Å². The molecule has 1 aliphatic carbocycles. The van der Waals surface area contributed by atoms with Gasteiger partial charge in [-0.25, -0.2) is 0 Å². The van der Waals surface area contributed by atoms with Gasteiger partial charge in [-0.3, -0.25) is 9.59 Å². The molecule has 4 atom stereocenters. The molecular weight excluding hydrogens is 551 g/mol. The molecule has 0 unspecified atom stereocenters. The van der Waals surface area contributed by atoms with Crippen LogP contribution in [-0.4, -0.2) is 84.3 Å². The van der Waals surface area contributed by atoms with Gasteiger partial charge < -0.3 is 39.7 Å². The summed E-state index contributed by atoms with van der Waals surface area (Å²) in [5.74, 6) is -0.977. The maximum absolute atomic E-state index is 13.4. The van der Waals surface area contributed by atoms with Gasteiger partial charge in [0.15, 0.2) is 11.5 Å². The summed E-state index contributed by atoms with van der Waals surface area (Å²) in [4.78, 5) is 28.0. The van der Waals surface area contributed by atoms with Crippen LogP contribution in [0.4, 0.5) is 0 Å². The Morgan fingerprint density at radius 1 is 1.10 bits per heavy atom. The fourth-order valence-corrected chi connectivity index (χ4v) is 5.34. The SMILES string of the molecule is COCC(=O)N(Cc1ccc(Cl)c(Cl)c1)[C@@H]1C=C(C(=O)NCCO)[C@@H]2c3cc(CO)cc(OC)c3O[C@@H]2[C@H]1O. The number of rotatable bonds is 10. The molecule has 2 aliphatic rings. The number of halogens is 2. The molecule has 0 saturated carbocycles. The van der Waals surface area contributed by atoms with Gasteiger partial charge in [-0.2, -0.15) is 0 Å². The molecule has 0 bridgehead atoms. The van der Waals surface area contributed by atoms with E-state index in [4.69, 9.17) is 37.4 Å². The first-order chi connectivity index (χ1) is 18.7. The van der Waals surface area contributed by atoms with Gasteiger partial charge in [0.05, 0.1) is 42.3 Å². The number of nitrogens with one attached hydrogen (secondary N) is 1. The van der Waals surface area contributed by atoms with Crippen molar-refractivity contribution in [2.45, 2.75) is 37.3 Å². The Balaban J connectivity index is 1.81. The van der Waals surface area contributed by atoms with Crippen molar-refractivity contribution in [1.29, 1.82) is 0 Å². The number of aliphatic hydroxyl groups is 3. The molecule has 0 aromatic heterocycles. The van der Waals surface area contributed by atoms with E-state index in [-0.39, 0.29) is 38.5 Å². The van der Waals surface area contributed by atoms with Crippen LogP contribution >= 0.6 is 23.2 Å². The number of amides is 2. The van der Waals surface area contributed by atoms with E-state index in [1.165, 1.54) is 19.1 Å². The second kappa shape index (κ2) is 12.5. The maximum Gasteiger partial charge on any atom is 0.249 e. The van der Waals surface area contributed by atoms with Crippen LogP contribution in [0.2, 0.25) is 10.0 Å². The fourth-order valence-electron chi connectivity index (χ4n) is 5.02. The largest absolute Gasteiger partial charge is 0.493 e. The third-order valence-corrected chi connectivity index (χ3v) is 7.52. The van der Waals surface area contributed by atoms with Crippen LogP contribution in [0, 0.1) is 0 Å². The Morgan fingerprint density at radius 3 is 2.51 bits per heavy atom. The van der Waals surface area contributed by atoms with Crippen LogP contribution < -0.4 is 14.8 Å². The number of carbonyl (C=O) groups excluding carboxylic acids is 2. The third kappa shape index (κ3) is 5.86. The molecule has 210 valence electrons. The molecule has 12 heteroatoms. The monoisotopic (exact) mass is 580 g/mol.